The molecule has 0 spiro atoms. The van der Waals surface area contributed by atoms with E-state index in [1.54, 1.807) is 34.3 Å². The second-order valence-electron chi connectivity index (χ2n) is 13.5. The molecule has 0 radical (unpaired) electrons. The van der Waals surface area contributed by atoms with Gasteiger partial charge in [0.25, 0.3) is 5.91 Å². The minimum absolute atomic E-state index is 0. The Morgan fingerprint density at radius 3 is 2.09 bits per heavy atom. The number of likely N-dealkylation sites (tertiary alicyclic amines) is 2. The summed E-state index contributed by atoms with van der Waals surface area (Å²) in [6.45, 7) is 4.70. The molecule has 4 aromatic rings. The normalized spacial score (nSPS) is 17.2. The van der Waals surface area contributed by atoms with Crippen molar-refractivity contribution in [2.75, 3.05) is 20.2 Å². The second kappa shape index (κ2) is 18.2. The molecule has 0 aliphatic carbocycles. The van der Waals surface area contributed by atoms with Crippen molar-refractivity contribution in [2.24, 2.45) is 5.92 Å². The fraction of sp³-hybridized carbons (Fsp3) is 0.350. The Hall–Kier alpha value is -6.25. The number of hydrogen-bond acceptors (Lipinski definition) is 7. The van der Waals surface area contributed by atoms with Crippen LogP contribution in [0.3, 0.4) is 0 Å². The highest BCUT2D eigenvalue weighted by atomic mass is 35.5. The molecule has 2 aliphatic rings. The van der Waals surface area contributed by atoms with Crippen LogP contribution in [0.2, 0.25) is 0 Å². The molecule has 2 saturated heterocycles. The lowest BCUT2D eigenvalue weighted by molar-refractivity contribution is -0.135. The number of imidazole rings is 2. The first-order valence-corrected chi connectivity index (χ1v) is 17.8. The third kappa shape index (κ3) is 9.47. The third-order valence-corrected chi connectivity index (χ3v) is 9.60. The molecule has 2 aromatic heterocycles. The van der Waals surface area contributed by atoms with Crippen molar-refractivity contribution in [3.8, 4) is 34.9 Å². The van der Waals surface area contributed by atoms with Gasteiger partial charge in [0, 0.05) is 18.7 Å². The number of H-pyrrole nitrogens is 2. The summed E-state index contributed by atoms with van der Waals surface area (Å²) in [7, 11) is 1.26. The van der Waals surface area contributed by atoms with Gasteiger partial charge in [-0.1, -0.05) is 62.2 Å². The van der Waals surface area contributed by atoms with E-state index in [1.807, 2.05) is 56.3 Å². The predicted octanol–water partition coefficient (Wildman–Crippen LogP) is 5.34. The van der Waals surface area contributed by atoms with Crippen molar-refractivity contribution in [2.45, 2.75) is 63.7 Å². The van der Waals surface area contributed by atoms with E-state index in [4.69, 9.17) is 4.74 Å². The van der Waals surface area contributed by atoms with Crippen molar-refractivity contribution in [1.29, 1.82) is 0 Å². The second-order valence-corrected chi connectivity index (χ2v) is 13.5. The highest BCUT2D eigenvalue weighted by Crippen LogP contribution is 2.34. The molecule has 55 heavy (non-hydrogen) atoms. The van der Waals surface area contributed by atoms with E-state index < -0.39 is 24.3 Å². The molecule has 2 aliphatic heterocycles. The Labute approximate surface area is 325 Å². The molecule has 0 saturated carbocycles. The molecule has 4 amide bonds. The van der Waals surface area contributed by atoms with Gasteiger partial charge >= 0.3 is 12.2 Å². The zero-order valence-corrected chi connectivity index (χ0v) is 31.5. The van der Waals surface area contributed by atoms with Gasteiger partial charge in [0.2, 0.25) is 5.91 Å². The molecule has 4 atom stereocenters. The van der Waals surface area contributed by atoms with Crippen molar-refractivity contribution in [3.05, 3.63) is 95.5 Å². The zero-order chi connectivity index (χ0) is 38.2. The summed E-state index contributed by atoms with van der Waals surface area (Å²) in [4.78, 5) is 69.6. The standard InChI is InChI=1S/C40H42N8O6.ClH/c1-25(2)33(45-39(51)52)37(49)47-21-10-16-32(47)36-42-24-30(44-36)27-19-17-26(18-20-27)11-7-8-14-29-23-41-35(43-29)31-15-9-22-48(31)38(50)34(46-40(53)54-3)28-12-5-4-6-13-28;/h4-6,12-13,17-20,23-25,31-34,45H,9-10,15-16,21-22H2,1-3H3,(H,41,43)(H,42,44)(H,46,53)(H,51,52);1H/t31?,32?,33-,34?;/m0./s1. The van der Waals surface area contributed by atoms with Crippen LogP contribution >= 0.6 is 12.4 Å². The number of methoxy groups -OCH3 is 1. The Balaban J connectivity index is 0.00000580. The maximum atomic E-state index is 13.7. The molecule has 2 fully saturated rings. The fourth-order valence-electron chi connectivity index (χ4n) is 6.89. The largest absolute Gasteiger partial charge is 0.465 e. The molecule has 0 bridgehead atoms. The number of hydrogen-bond donors (Lipinski definition) is 5. The summed E-state index contributed by atoms with van der Waals surface area (Å²) in [5.74, 6) is 12.4. The Morgan fingerprint density at radius 1 is 0.836 bits per heavy atom. The van der Waals surface area contributed by atoms with Crippen LogP contribution in [-0.4, -0.2) is 85.1 Å². The van der Waals surface area contributed by atoms with Gasteiger partial charge in [-0.2, -0.15) is 0 Å². The van der Waals surface area contributed by atoms with Gasteiger partial charge in [-0.3, -0.25) is 9.59 Å². The molecule has 6 rings (SSSR count). The number of carbonyl (C=O) groups is 4. The van der Waals surface area contributed by atoms with Crippen LogP contribution < -0.4 is 10.6 Å². The van der Waals surface area contributed by atoms with Gasteiger partial charge in [-0.05, 0) is 72.6 Å². The quantitative estimate of drug-likeness (QED) is 0.141. The van der Waals surface area contributed by atoms with Gasteiger partial charge in [0.05, 0.1) is 37.3 Å². The van der Waals surface area contributed by atoms with Crippen LogP contribution in [0.25, 0.3) is 11.3 Å². The number of nitrogens with one attached hydrogen (secondary N) is 4. The number of rotatable bonds is 9. The smallest absolute Gasteiger partial charge is 0.407 e. The summed E-state index contributed by atoms with van der Waals surface area (Å²) >= 11 is 0. The van der Waals surface area contributed by atoms with Gasteiger partial charge in [-0.15, -0.1) is 12.4 Å². The maximum absolute atomic E-state index is 13.7. The highest BCUT2D eigenvalue weighted by molar-refractivity contribution is 5.88. The van der Waals surface area contributed by atoms with Gasteiger partial charge in [0.15, 0.2) is 0 Å². The maximum Gasteiger partial charge on any atom is 0.407 e. The van der Waals surface area contributed by atoms with Crippen LogP contribution in [0.5, 0.6) is 0 Å². The fourth-order valence-corrected chi connectivity index (χ4v) is 6.89. The first kappa shape index (κ1) is 39.9. The number of nitrogens with zero attached hydrogens (tertiary/aromatic N) is 4. The number of amides is 4. The monoisotopic (exact) mass is 766 g/mol. The van der Waals surface area contributed by atoms with E-state index in [0.29, 0.717) is 42.4 Å². The van der Waals surface area contributed by atoms with Gasteiger partial charge in [0.1, 0.15) is 29.4 Å². The Morgan fingerprint density at radius 2 is 1.45 bits per heavy atom. The lowest BCUT2D eigenvalue weighted by atomic mass is 10.0. The first-order chi connectivity index (χ1) is 26.1. The van der Waals surface area contributed by atoms with Crippen molar-refractivity contribution < 1.29 is 29.0 Å². The molecule has 15 heteroatoms. The number of carbonyl (C=O) groups excluding carboxylic acids is 3. The predicted molar refractivity (Wildman–Crippen MR) is 206 cm³/mol. The van der Waals surface area contributed by atoms with E-state index >= 15 is 0 Å². The highest BCUT2D eigenvalue weighted by Gasteiger charge is 2.38. The van der Waals surface area contributed by atoms with Crippen molar-refractivity contribution in [3.63, 3.8) is 0 Å². The average Bonchev–Trinajstić information content (AvgIpc) is 4.01. The summed E-state index contributed by atoms with van der Waals surface area (Å²) < 4.78 is 4.78. The molecule has 4 heterocycles. The summed E-state index contributed by atoms with van der Waals surface area (Å²) in [6, 6.07) is 14.4. The van der Waals surface area contributed by atoms with Crippen LogP contribution in [0, 0.1) is 29.6 Å². The molecule has 5 N–H and O–H groups in total. The van der Waals surface area contributed by atoms with Crippen LogP contribution in [0.4, 0.5) is 9.59 Å². The topological polar surface area (TPSA) is 186 Å². The van der Waals surface area contributed by atoms with E-state index in [1.165, 1.54) is 7.11 Å². The minimum Gasteiger partial charge on any atom is -0.465 e. The number of alkyl carbamates (subject to hydrolysis) is 1. The molecular weight excluding hydrogens is 724 g/mol. The van der Waals surface area contributed by atoms with Crippen LogP contribution in [0.15, 0.2) is 67.0 Å². The number of aromatic amines is 2. The third-order valence-electron chi connectivity index (χ3n) is 9.60. The summed E-state index contributed by atoms with van der Waals surface area (Å²) in [5.41, 5.74) is 3.68. The Bertz CT molecular complexity index is 2110. The summed E-state index contributed by atoms with van der Waals surface area (Å²) in [5, 5.41) is 14.3. The lowest BCUT2D eigenvalue weighted by Gasteiger charge is -2.29. The molecule has 3 unspecified atom stereocenters. The van der Waals surface area contributed by atoms with E-state index in [2.05, 4.69) is 54.3 Å². The number of halogens is 1. The Kier molecular flexibility index (Phi) is 13.2. The van der Waals surface area contributed by atoms with E-state index in [0.717, 1.165) is 36.1 Å². The SMILES string of the molecule is COC(=O)NC(C(=O)N1CCCC1c1ncc(C#CC#Cc2ccc(-c3cnc(C4CCCN4C(=O)[C@@H](NC(=O)O)C(C)C)[nH]3)cc2)[nH]1)c1ccccc1.Cl. The molecule has 14 nitrogen and oxygen atoms in total. The molecule has 2 aromatic carbocycles. The minimum atomic E-state index is -1.22. The average molecular weight is 767 g/mol. The lowest BCUT2D eigenvalue weighted by Crippen LogP contribution is -2.50. The molecule has 286 valence electrons. The summed E-state index contributed by atoms with van der Waals surface area (Å²) in [6.07, 6.45) is 4.48. The number of ether oxygens (including phenoxy) is 1. The molecular formula is C40H43ClN8O6. The van der Waals surface area contributed by atoms with Crippen LogP contribution in [0.1, 0.15) is 86.1 Å². The zero-order valence-electron chi connectivity index (χ0n) is 30.7. The van der Waals surface area contributed by atoms with Crippen LogP contribution in [-0.2, 0) is 14.3 Å². The van der Waals surface area contributed by atoms with Crippen molar-refractivity contribution in [1.82, 2.24) is 40.4 Å². The van der Waals surface area contributed by atoms with Gasteiger partial charge in [-0.25, -0.2) is 19.6 Å². The first-order valence-electron chi connectivity index (χ1n) is 17.8. The number of aromatic nitrogens is 4. The van der Waals surface area contributed by atoms with Gasteiger partial charge < -0.3 is 40.2 Å². The van der Waals surface area contributed by atoms with Crippen molar-refractivity contribution >= 4 is 36.4 Å². The van der Waals surface area contributed by atoms with E-state index in [9.17, 15) is 24.3 Å². The number of benzene rings is 2. The van der Waals surface area contributed by atoms with E-state index in [-0.39, 0.29) is 42.2 Å². The number of carboxylic acid groups (broad SMARTS) is 1.